The van der Waals surface area contributed by atoms with Crippen molar-refractivity contribution in [3.63, 3.8) is 0 Å². The molecule has 1 saturated heterocycles. The quantitative estimate of drug-likeness (QED) is 0.746. The Morgan fingerprint density at radius 1 is 0.944 bits per heavy atom. The zero-order valence-electron chi connectivity index (χ0n) is 11.3. The molecule has 0 spiro atoms. The fourth-order valence-electron chi connectivity index (χ4n) is 6.12. The van der Waals surface area contributed by atoms with Crippen LogP contribution in [0.15, 0.2) is 0 Å². The van der Waals surface area contributed by atoms with Crippen LogP contribution in [0, 0.1) is 34.5 Å². The van der Waals surface area contributed by atoms with Crippen molar-refractivity contribution >= 4 is 0 Å². The molecule has 0 aromatic rings. The van der Waals surface area contributed by atoms with Gasteiger partial charge in [-0.25, -0.2) is 0 Å². The molecule has 0 aromatic heterocycles. The Balaban J connectivity index is 1.63. The van der Waals surface area contributed by atoms with Crippen molar-refractivity contribution in [2.75, 3.05) is 13.1 Å². The lowest BCUT2D eigenvalue weighted by molar-refractivity contribution is -0.0837. The Morgan fingerprint density at radius 3 is 1.89 bits per heavy atom. The molecule has 4 bridgehead atoms. The minimum Gasteiger partial charge on any atom is -0.288 e. The number of hydrogen-bond donors (Lipinski definition) is 0. The van der Waals surface area contributed by atoms with Crippen LogP contribution in [0.4, 0.5) is 0 Å². The highest BCUT2D eigenvalue weighted by Gasteiger charge is 2.55. The first kappa shape index (κ1) is 11.3. The average Bonchev–Trinajstić information content (AvgIpc) is 2.81. The van der Waals surface area contributed by atoms with Crippen LogP contribution < -0.4 is 0 Å². The minimum absolute atomic E-state index is 0.244. The van der Waals surface area contributed by atoms with Crippen molar-refractivity contribution in [1.29, 1.82) is 5.26 Å². The lowest BCUT2D eigenvalue weighted by Gasteiger charge is -2.59. The number of rotatable bonds is 2. The topological polar surface area (TPSA) is 27.0 Å². The summed E-state index contributed by atoms with van der Waals surface area (Å²) in [7, 11) is 0. The van der Waals surface area contributed by atoms with E-state index in [1.54, 1.807) is 0 Å². The average molecular weight is 244 g/mol. The smallest absolute Gasteiger partial charge is 0.103 e. The van der Waals surface area contributed by atoms with E-state index in [0.29, 0.717) is 5.41 Å². The highest BCUT2D eigenvalue weighted by molar-refractivity contribution is 5.13. The van der Waals surface area contributed by atoms with Crippen molar-refractivity contribution in [1.82, 2.24) is 4.90 Å². The molecule has 2 nitrogen and oxygen atoms in total. The Kier molecular flexibility index (Phi) is 2.49. The number of likely N-dealkylation sites (tertiary alicyclic amines) is 1. The molecule has 1 unspecified atom stereocenters. The summed E-state index contributed by atoms with van der Waals surface area (Å²) >= 11 is 0. The predicted molar refractivity (Wildman–Crippen MR) is 70.8 cm³/mol. The molecular weight excluding hydrogens is 220 g/mol. The molecule has 5 aliphatic rings. The number of nitrogens with zero attached hydrogens (tertiary/aromatic N) is 2. The van der Waals surface area contributed by atoms with Gasteiger partial charge in [-0.3, -0.25) is 4.90 Å². The van der Waals surface area contributed by atoms with Crippen LogP contribution in [0.25, 0.3) is 0 Å². The maximum absolute atomic E-state index is 9.75. The molecule has 18 heavy (non-hydrogen) atoms. The first-order valence-electron chi connectivity index (χ1n) is 7.93. The fourth-order valence-corrected chi connectivity index (χ4v) is 6.12. The lowest BCUT2D eigenvalue weighted by Crippen LogP contribution is -2.56. The van der Waals surface area contributed by atoms with Crippen LogP contribution in [-0.4, -0.2) is 24.0 Å². The third-order valence-electron chi connectivity index (χ3n) is 6.29. The SMILES string of the molecule is N#CC(N1CCCC1)C12CC3CC(CC(C3)C1)C2. The number of nitriles is 1. The molecule has 4 saturated carbocycles. The summed E-state index contributed by atoms with van der Waals surface area (Å²) in [6, 6.07) is 2.97. The van der Waals surface area contributed by atoms with Gasteiger partial charge in [-0.15, -0.1) is 0 Å². The Labute approximate surface area is 110 Å². The standard InChI is InChI=1S/C16H24N2/c17-11-15(18-3-1-2-4-18)16-8-12-5-13(9-16)7-14(6-12)10-16/h12-15H,1-10H2. The second-order valence-electron chi connectivity index (χ2n) is 7.55. The van der Waals surface area contributed by atoms with Gasteiger partial charge in [0.2, 0.25) is 0 Å². The molecule has 5 fully saturated rings. The molecule has 5 rings (SSSR count). The van der Waals surface area contributed by atoms with Gasteiger partial charge in [0, 0.05) is 5.41 Å². The zero-order valence-corrected chi connectivity index (χ0v) is 11.3. The van der Waals surface area contributed by atoms with E-state index in [-0.39, 0.29) is 6.04 Å². The van der Waals surface area contributed by atoms with E-state index in [1.807, 2.05) is 0 Å². The molecule has 4 aliphatic carbocycles. The lowest BCUT2D eigenvalue weighted by atomic mass is 9.47. The van der Waals surface area contributed by atoms with Gasteiger partial charge in [0.05, 0.1) is 6.07 Å². The predicted octanol–water partition coefficient (Wildman–Crippen LogP) is 3.19. The van der Waals surface area contributed by atoms with Crippen LogP contribution in [0.5, 0.6) is 0 Å². The highest BCUT2D eigenvalue weighted by atomic mass is 15.2. The first-order chi connectivity index (χ1) is 8.79. The van der Waals surface area contributed by atoms with E-state index < -0.39 is 0 Å². The van der Waals surface area contributed by atoms with Gasteiger partial charge >= 0.3 is 0 Å². The molecule has 0 radical (unpaired) electrons. The van der Waals surface area contributed by atoms with Crippen LogP contribution in [0.2, 0.25) is 0 Å². The third-order valence-corrected chi connectivity index (χ3v) is 6.29. The monoisotopic (exact) mass is 244 g/mol. The third kappa shape index (κ3) is 1.56. The van der Waals surface area contributed by atoms with E-state index in [0.717, 1.165) is 17.8 Å². The molecule has 1 aliphatic heterocycles. The van der Waals surface area contributed by atoms with E-state index >= 15 is 0 Å². The van der Waals surface area contributed by atoms with Crippen molar-refractivity contribution in [2.45, 2.75) is 57.4 Å². The van der Waals surface area contributed by atoms with Crippen LogP contribution in [-0.2, 0) is 0 Å². The van der Waals surface area contributed by atoms with Gasteiger partial charge in [0.25, 0.3) is 0 Å². The summed E-state index contributed by atoms with van der Waals surface area (Å²) < 4.78 is 0. The maximum atomic E-state index is 9.75. The molecule has 0 amide bonds. The van der Waals surface area contributed by atoms with Crippen LogP contribution in [0.1, 0.15) is 51.4 Å². The summed E-state index contributed by atoms with van der Waals surface area (Å²) in [6.45, 7) is 2.36. The van der Waals surface area contributed by atoms with Gasteiger partial charge in [-0.1, -0.05) is 0 Å². The summed E-state index contributed by atoms with van der Waals surface area (Å²) in [5, 5.41) is 9.75. The van der Waals surface area contributed by atoms with Crippen LogP contribution in [0.3, 0.4) is 0 Å². The number of hydrogen-bond acceptors (Lipinski definition) is 2. The van der Waals surface area contributed by atoms with Crippen molar-refractivity contribution < 1.29 is 0 Å². The van der Waals surface area contributed by atoms with Gasteiger partial charge < -0.3 is 0 Å². The Hall–Kier alpha value is -0.550. The molecular formula is C16H24N2. The summed E-state index contributed by atoms with van der Waals surface area (Å²) in [6.07, 6.45) is 11.2. The summed E-state index contributed by atoms with van der Waals surface area (Å²) in [5.74, 6) is 2.90. The van der Waals surface area contributed by atoms with Gasteiger partial charge in [0.1, 0.15) is 6.04 Å². The fraction of sp³-hybridized carbons (Fsp3) is 0.938. The molecule has 0 N–H and O–H groups in total. The summed E-state index contributed by atoms with van der Waals surface area (Å²) in [5.41, 5.74) is 0.397. The Morgan fingerprint density at radius 2 is 1.44 bits per heavy atom. The van der Waals surface area contributed by atoms with Crippen molar-refractivity contribution in [3.05, 3.63) is 0 Å². The van der Waals surface area contributed by atoms with E-state index in [2.05, 4.69) is 11.0 Å². The first-order valence-corrected chi connectivity index (χ1v) is 7.93. The largest absolute Gasteiger partial charge is 0.288 e. The van der Waals surface area contributed by atoms with E-state index in [4.69, 9.17) is 0 Å². The minimum atomic E-state index is 0.244. The Bertz CT molecular complexity index is 340. The second kappa shape index (κ2) is 3.97. The van der Waals surface area contributed by atoms with Gasteiger partial charge in [-0.2, -0.15) is 5.26 Å². The second-order valence-corrected chi connectivity index (χ2v) is 7.55. The van der Waals surface area contributed by atoms with Gasteiger partial charge in [-0.05, 0) is 82.2 Å². The van der Waals surface area contributed by atoms with Crippen LogP contribution >= 0.6 is 0 Å². The zero-order chi connectivity index (χ0) is 12.2. The highest BCUT2D eigenvalue weighted by Crippen LogP contribution is 2.62. The van der Waals surface area contributed by atoms with E-state index in [9.17, 15) is 5.26 Å². The van der Waals surface area contributed by atoms with Crippen molar-refractivity contribution in [2.24, 2.45) is 23.2 Å². The summed E-state index contributed by atoms with van der Waals surface area (Å²) in [4.78, 5) is 2.52. The molecule has 2 heteroatoms. The van der Waals surface area contributed by atoms with Crippen molar-refractivity contribution in [3.8, 4) is 6.07 Å². The van der Waals surface area contributed by atoms with Gasteiger partial charge in [0.15, 0.2) is 0 Å². The molecule has 1 atom stereocenters. The molecule has 1 heterocycles. The normalized spacial score (nSPS) is 48.3. The molecule has 0 aromatic carbocycles. The maximum Gasteiger partial charge on any atom is 0.103 e. The van der Waals surface area contributed by atoms with E-state index in [1.165, 1.54) is 64.5 Å². The molecule has 98 valence electrons.